The molecule has 0 bridgehead atoms. The Balaban J connectivity index is 2.29. The number of anilines is 2. The minimum Gasteiger partial charge on any atom is -0.322 e. The van der Waals surface area contributed by atoms with Crippen molar-refractivity contribution in [1.29, 1.82) is 0 Å². The highest BCUT2D eigenvalue weighted by Gasteiger charge is 2.17. The van der Waals surface area contributed by atoms with Gasteiger partial charge in [0.15, 0.2) is 0 Å². The number of rotatable bonds is 6. The SMILES string of the molecule is C=CCN(c1cccc(NC(=O)c2ccc(C)cc2Cl)c1)S(C)(=O)=O. The largest absolute Gasteiger partial charge is 0.322 e. The maximum absolute atomic E-state index is 12.4. The summed E-state index contributed by atoms with van der Waals surface area (Å²) in [6.07, 6.45) is 2.62. The number of benzene rings is 2. The summed E-state index contributed by atoms with van der Waals surface area (Å²) in [6, 6.07) is 11.7. The number of nitrogens with zero attached hydrogens (tertiary/aromatic N) is 1. The number of carbonyl (C=O) groups excluding carboxylic acids is 1. The first-order valence-corrected chi connectivity index (χ1v) is 9.71. The quantitative estimate of drug-likeness (QED) is 0.776. The standard InChI is InChI=1S/C18H19ClN2O3S/c1-4-10-21(25(3,23)24)15-7-5-6-14(12-15)20-18(22)16-9-8-13(2)11-17(16)19/h4-9,11-12H,1,10H2,2-3H3,(H,20,22). The molecule has 1 N–H and O–H groups in total. The molecule has 132 valence electrons. The fourth-order valence-electron chi connectivity index (χ4n) is 2.29. The Labute approximate surface area is 153 Å². The molecule has 0 heterocycles. The highest BCUT2D eigenvalue weighted by atomic mass is 35.5. The summed E-state index contributed by atoms with van der Waals surface area (Å²) in [5, 5.41) is 3.10. The number of carbonyl (C=O) groups is 1. The summed E-state index contributed by atoms with van der Waals surface area (Å²) in [4.78, 5) is 12.4. The van der Waals surface area contributed by atoms with E-state index in [0.717, 1.165) is 11.8 Å². The van der Waals surface area contributed by atoms with Crippen LogP contribution in [0, 0.1) is 6.92 Å². The molecule has 2 aromatic rings. The van der Waals surface area contributed by atoms with Gasteiger partial charge in [0.05, 0.1) is 29.1 Å². The molecule has 0 spiro atoms. The topological polar surface area (TPSA) is 66.5 Å². The zero-order chi connectivity index (χ0) is 18.6. The van der Waals surface area contributed by atoms with Gasteiger partial charge in [-0.05, 0) is 42.8 Å². The highest BCUT2D eigenvalue weighted by Crippen LogP contribution is 2.24. The average molecular weight is 379 g/mol. The van der Waals surface area contributed by atoms with Crippen molar-refractivity contribution in [2.45, 2.75) is 6.92 Å². The minimum atomic E-state index is -3.46. The zero-order valence-electron chi connectivity index (χ0n) is 14.0. The Morgan fingerprint density at radius 1 is 1.28 bits per heavy atom. The van der Waals surface area contributed by atoms with Crippen molar-refractivity contribution in [2.24, 2.45) is 0 Å². The average Bonchev–Trinajstić information content (AvgIpc) is 2.51. The van der Waals surface area contributed by atoms with Crippen LogP contribution in [0.4, 0.5) is 11.4 Å². The van der Waals surface area contributed by atoms with Gasteiger partial charge in [-0.15, -0.1) is 6.58 Å². The molecule has 0 aliphatic carbocycles. The van der Waals surface area contributed by atoms with Crippen molar-refractivity contribution < 1.29 is 13.2 Å². The van der Waals surface area contributed by atoms with E-state index in [1.165, 1.54) is 10.4 Å². The van der Waals surface area contributed by atoms with Gasteiger partial charge in [0.2, 0.25) is 10.0 Å². The summed E-state index contributed by atoms with van der Waals surface area (Å²) in [7, 11) is -3.46. The molecule has 0 saturated carbocycles. The molecular weight excluding hydrogens is 360 g/mol. The molecule has 2 rings (SSSR count). The number of amides is 1. The Bertz CT molecular complexity index is 910. The Morgan fingerprint density at radius 3 is 2.60 bits per heavy atom. The van der Waals surface area contributed by atoms with E-state index < -0.39 is 10.0 Å². The molecule has 0 saturated heterocycles. The smallest absolute Gasteiger partial charge is 0.257 e. The van der Waals surface area contributed by atoms with Gasteiger partial charge in [-0.1, -0.05) is 29.8 Å². The maximum Gasteiger partial charge on any atom is 0.257 e. The fourth-order valence-corrected chi connectivity index (χ4v) is 3.48. The van der Waals surface area contributed by atoms with Crippen molar-refractivity contribution in [1.82, 2.24) is 0 Å². The van der Waals surface area contributed by atoms with E-state index in [1.54, 1.807) is 42.5 Å². The number of sulfonamides is 1. The van der Waals surface area contributed by atoms with Crippen LogP contribution in [-0.2, 0) is 10.0 Å². The van der Waals surface area contributed by atoms with Gasteiger partial charge in [-0.2, -0.15) is 0 Å². The van der Waals surface area contributed by atoms with Crippen LogP contribution in [0.25, 0.3) is 0 Å². The van der Waals surface area contributed by atoms with Crippen molar-refractivity contribution in [3.05, 3.63) is 71.3 Å². The third-order valence-corrected chi connectivity index (χ3v) is 4.93. The van der Waals surface area contributed by atoms with Gasteiger partial charge in [0.25, 0.3) is 5.91 Å². The van der Waals surface area contributed by atoms with Crippen LogP contribution in [0.1, 0.15) is 15.9 Å². The number of nitrogens with one attached hydrogen (secondary N) is 1. The lowest BCUT2D eigenvalue weighted by Gasteiger charge is -2.21. The second kappa shape index (κ2) is 7.72. The molecule has 2 aromatic carbocycles. The summed E-state index contributed by atoms with van der Waals surface area (Å²) in [6.45, 7) is 5.60. The minimum absolute atomic E-state index is 0.139. The molecule has 25 heavy (non-hydrogen) atoms. The van der Waals surface area contributed by atoms with Gasteiger partial charge in [0.1, 0.15) is 0 Å². The third-order valence-electron chi connectivity index (χ3n) is 3.46. The van der Waals surface area contributed by atoms with Crippen LogP contribution in [0.5, 0.6) is 0 Å². The number of hydrogen-bond donors (Lipinski definition) is 1. The van der Waals surface area contributed by atoms with E-state index in [-0.39, 0.29) is 12.5 Å². The van der Waals surface area contributed by atoms with Gasteiger partial charge in [0, 0.05) is 5.69 Å². The molecule has 0 atom stereocenters. The number of aryl methyl sites for hydroxylation is 1. The van der Waals surface area contributed by atoms with E-state index >= 15 is 0 Å². The molecule has 0 unspecified atom stereocenters. The predicted octanol–water partition coefficient (Wildman–Crippen LogP) is 3.85. The van der Waals surface area contributed by atoms with Gasteiger partial charge in [-0.25, -0.2) is 8.42 Å². The summed E-state index contributed by atoms with van der Waals surface area (Å²) < 4.78 is 25.1. The molecule has 0 fully saturated rings. The molecule has 0 aliphatic heterocycles. The van der Waals surface area contributed by atoms with Gasteiger partial charge >= 0.3 is 0 Å². The summed E-state index contributed by atoms with van der Waals surface area (Å²) in [5.74, 6) is -0.364. The van der Waals surface area contributed by atoms with Crippen LogP contribution in [0.3, 0.4) is 0 Å². The molecule has 5 nitrogen and oxygen atoms in total. The van der Waals surface area contributed by atoms with E-state index in [9.17, 15) is 13.2 Å². The molecular formula is C18H19ClN2O3S. The van der Waals surface area contributed by atoms with Crippen LogP contribution >= 0.6 is 11.6 Å². The molecule has 0 aliphatic rings. The van der Waals surface area contributed by atoms with Crippen LogP contribution in [0.2, 0.25) is 5.02 Å². The van der Waals surface area contributed by atoms with Crippen molar-refractivity contribution in [3.8, 4) is 0 Å². The first kappa shape index (κ1) is 19.0. The third kappa shape index (κ3) is 4.84. The molecule has 7 heteroatoms. The lowest BCUT2D eigenvalue weighted by Crippen LogP contribution is -2.29. The van der Waals surface area contributed by atoms with E-state index in [2.05, 4.69) is 11.9 Å². The van der Waals surface area contributed by atoms with Crippen molar-refractivity contribution in [3.63, 3.8) is 0 Å². The second-order valence-electron chi connectivity index (χ2n) is 5.57. The fraction of sp³-hybridized carbons (Fsp3) is 0.167. The predicted molar refractivity (Wildman–Crippen MR) is 103 cm³/mol. The Kier molecular flexibility index (Phi) is 5.87. The first-order chi connectivity index (χ1) is 11.7. The first-order valence-electron chi connectivity index (χ1n) is 7.48. The lowest BCUT2D eigenvalue weighted by molar-refractivity contribution is 0.102. The Hall–Kier alpha value is -2.31. The molecule has 1 amide bonds. The van der Waals surface area contributed by atoms with Crippen LogP contribution in [0.15, 0.2) is 55.1 Å². The molecule has 0 aromatic heterocycles. The van der Waals surface area contributed by atoms with E-state index in [1.807, 2.05) is 6.92 Å². The monoisotopic (exact) mass is 378 g/mol. The number of hydrogen-bond acceptors (Lipinski definition) is 3. The van der Waals surface area contributed by atoms with Crippen LogP contribution in [-0.4, -0.2) is 27.1 Å². The van der Waals surface area contributed by atoms with Crippen molar-refractivity contribution >= 4 is 38.9 Å². The second-order valence-corrected chi connectivity index (χ2v) is 7.88. The zero-order valence-corrected chi connectivity index (χ0v) is 15.6. The lowest BCUT2D eigenvalue weighted by atomic mass is 10.1. The summed E-state index contributed by atoms with van der Waals surface area (Å²) in [5.41, 5.74) is 2.22. The van der Waals surface area contributed by atoms with Crippen LogP contribution < -0.4 is 9.62 Å². The number of halogens is 1. The Morgan fingerprint density at radius 2 is 2.00 bits per heavy atom. The highest BCUT2D eigenvalue weighted by molar-refractivity contribution is 7.92. The molecule has 0 radical (unpaired) electrons. The maximum atomic E-state index is 12.4. The van der Waals surface area contributed by atoms with Gasteiger partial charge < -0.3 is 5.32 Å². The van der Waals surface area contributed by atoms with Crippen molar-refractivity contribution in [2.75, 3.05) is 22.4 Å². The summed E-state index contributed by atoms with van der Waals surface area (Å²) >= 11 is 6.11. The van der Waals surface area contributed by atoms with E-state index in [4.69, 9.17) is 11.6 Å². The normalized spacial score (nSPS) is 11.0. The van der Waals surface area contributed by atoms with Gasteiger partial charge in [-0.3, -0.25) is 9.10 Å². The van der Waals surface area contributed by atoms with E-state index in [0.29, 0.717) is 22.0 Å².